The molecular formula is C18H22BN3O7S. The highest BCUT2D eigenvalue weighted by Crippen LogP contribution is 2.19. The fourth-order valence-corrected chi connectivity index (χ4v) is 3.20. The van der Waals surface area contributed by atoms with E-state index in [1.165, 1.54) is 19.8 Å². The van der Waals surface area contributed by atoms with Crippen molar-refractivity contribution in [3.05, 3.63) is 35.4 Å². The molecule has 1 aromatic carbocycles. The van der Waals surface area contributed by atoms with Crippen LogP contribution in [-0.2, 0) is 25.6 Å². The van der Waals surface area contributed by atoms with E-state index < -0.39 is 29.7 Å². The first kappa shape index (κ1) is 23.3. The number of oxime groups is 1. The quantitative estimate of drug-likeness (QED) is 0.388. The van der Waals surface area contributed by atoms with Gasteiger partial charge in [0.15, 0.2) is 10.9 Å². The summed E-state index contributed by atoms with van der Waals surface area (Å²) in [5, 5.41) is 15.9. The van der Waals surface area contributed by atoms with Crippen molar-refractivity contribution in [1.82, 2.24) is 5.32 Å². The smallest absolute Gasteiger partial charge is 0.413 e. The zero-order valence-electron chi connectivity index (χ0n) is 17.0. The van der Waals surface area contributed by atoms with Crippen LogP contribution in [0, 0.1) is 0 Å². The van der Waals surface area contributed by atoms with Crippen molar-refractivity contribution in [2.75, 3.05) is 5.75 Å². The van der Waals surface area contributed by atoms with Crippen LogP contribution in [0.5, 0.6) is 0 Å². The topological polar surface area (TPSA) is 136 Å². The predicted molar refractivity (Wildman–Crippen MR) is 113 cm³/mol. The van der Waals surface area contributed by atoms with Gasteiger partial charge in [0.05, 0.1) is 5.56 Å². The van der Waals surface area contributed by atoms with E-state index in [4.69, 9.17) is 9.57 Å². The number of carboxylic acid groups (broad SMARTS) is 1. The number of thioether (sulfide) groups is 1. The number of nitrogens with one attached hydrogen (secondary N) is 1. The van der Waals surface area contributed by atoms with Crippen LogP contribution in [-0.4, -0.2) is 59.5 Å². The summed E-state index contributed by atoms with van der Waals surface area (Å²) in [6.07, 6.45) is -0.676. The van der Waals surface area contributed by atoms with Gasteiger partial charge in [0.1, 0.15) is 18.2 Å². The fraction of sp³-hybridized carbons (Fsp3) is 0.389. The second-order valence-electron chi connectivity index (χ2n) is 7.14. The summed E-state index contributed by atoms with van der Waals surface area (Å²) in [5.41, 5.74) is -0.00808. The Morgan fingerprint density at radius 3 is 2.73 bits per heavy atom. The van der Waals surface area contributed by atoms with Gasteiger partial charge in [-0.25, -0.2) is 14.4 Å². The monoisotopic (exact) mass is 435 g/mol. The Hall–Kier alpha value is -3.02. The molecule has 10 nitrogen and oxygen atoms in total. The lowest BCUT2D eigenvalue weighted by atomic mass is 10.1. The fourth-order valence-electron chi connectivity index (χ4n) is 2.30. The lowest BCUT2D eigenvalue weighted by molar-refractivity contribution is -0.129. The van der Waals surface area contributed by atoms with Crippen LogP contribution < -0.4 is 5.32 Å². The van der Waals surface area contributed by atoms with E-state index in [9.17, 15) is 19.5 Å². The van der Waals surface area contributed by atoms with Gasteiger partial charge in [-0.15, -0.1) is 0 Å². The molecule has 1 heterocycles. The third-order valence-corrected chi connectivity index (χ3v) is 4.50. The van der Waals surface area contributed by atoms with Gasteiger partial charge in [-0.1, -0.05) is 29.1 Å². The van der Waals surface area contributed by atoms with Crippen LogP contribution in [0.25, 0.3) is 0 Å². The number of carbonyl (C=O) groups excluding carboxylic acids is 2. The minimum atomic E-state index is -1.29. The van der Waals surface area contributed by atoms with Crippen LogP contribution in [0.15, 0.2) is 34.4 Å². The predicted octanol–water partition coefficient (Wildman–Crippen LogP) is 1.34. The van der Waals surface area contributed by atoms with Crippen LogP contribution in [0.3, 0.4) is 0 Å². The molecule has 1 aliphatic rings. The van der Waals surface area contributed by atoms with Crippen LogP contribution in [0.4, 0.5) is 4.79 Å². The maximum absolute atomic E-state index is 11.8. The maximum Gasteiger partial charge on any atom is 0.413 e. The molecule has 1 atom stereocenters. The van der Waals surface area contributed by atoms with E-state index in [1.807, 2.05) is 0 Å². The lowest BCUT2D eigenvalue weighted by Crippen LogP contribution is -2.34. The molecule has 0 saturated heterocycles. The van der Waals surface area contributed by atoms with Crippen molar-refractivity contribution in [1.29, 1.82) is 0 Å². The third-order valence-electron chi connectivity index (χ3n) is 3.54. The number of hydrogen-bond acceptors (Lipinski definition) is 9. The highest BCUT2D eigenvalue weighted by Gasteiger charge is 2.30. The second-order valence-corrected chi connectivity index (χ2v) is 8.14. The highest BCUT2D eigenvalue weighted by atomic mass is 32.2. The average molecular weight is 435 g/mol. The number of rotatable bonds is 6. The number of aliphatic carboxylic acids is 1. The van der Waals surface area contributed by atoms with E-state index in [-0.39, 0.29) is 23.2 Å². The summed E-state index contributed by atoms with van der Waals surface area (Å²) in [7, 11) is 1.28. The summed E-state index contributed by atoms with van der Waals surface area (Å²) < 4.78 is 9.80. The number of carbonyl (C=O) groups is 3. The van der Waals surface area contributed by atoms with E-state index in [0.717, 1.165) is 0 Å². The number of alkyl carbamates (subject to hydrolysis) is 1. The van der Waals surface area contributed by atoms with Gasteiger partial charge in [-0.05, 0) is 38.5 Å². The van der Waals surface area contributed by atoms with Crippen molar-refractivity contribution >= 4 is 48.7 Å². The summed E-state index contributed by atoms with van der Waals surface area (Å²) in [6, 6.07) is 5.71. The number of carboxylic acids is 1. The van der Waals surface area contributed by atoms with Gasteiger partial charge in [0, 0.05) is 5.75 Å². The number of amides is 1. The van der Waals surface area contributed by atoms with E-state index in [1.54, 1.807) is 45.0 Å². The first-order valence-corrected chi connectivity index (χ1v) is 9.88. The molecule has 2 N–H and O–H groups in total. The Morgan fingerprint density at radius 2 is 2.10 bits per heavy atom. The van der Waals surface area contributed by atoms with E-state index >= 15 is 0 Å². The van der Waals surface area contributed by atoms with Gasteiger partial charge in [0.25, 0.3) is 0 Å². The van der Waals surface area contributed by atoms with Crippen LogP contribution in [0.2, 0.25) is 0 Å². The van der Waals surface area contributed by atoms with Gasteiger partial charge in [-0.2, -0.15) is 0 Å². The molecule has 1 aromatic rings. The number of aliphatic imine (C=N–C) groups is 1. The molecular weight excluding hydrogens is 413 g/mol. The summed E-state index contributed by atoms with van der Waals surface area (Å²) in [4.78, 5) is 44.3. The Kier molecular flexibility index (Phi) is 7.87. The molecule has 1 unspecified atom stereocenters. The number of ether oxygens (including phenoxy) is 1. The lowest BCUT2D eigenvalue weighted by Gasteiger charge is -2.19. The molecule has 0 bridgehead atoms. The molecule has 30 heavy (non-hydrogen) atoms. The summed E-state index contributed by atoms with van der Waals surface area (Å²) >= 11 is 1.17. The average Bonchev–Trinajstić information content (AvgIpc) is 3.10. The van der Waals surface area contributed by atoms with Crippen LogP contribution in [0.1, 0.15) is 36.7 Å². The Labute approximate surface area is 178 Å². The van der Waals surface area contributed by atoms with Gasteiger partial charge in [0.2, 0.25) is 0 Å². The molecule has 12 heteroatoms. The molecule has 2 rings (SSSR count). The molecule has 1 aliphatic heterocycles. The van der Waals surface area contributed by atoms with Crippen molar-refractivity contribution in [3.63, 3.8) is 0 Å². The van der Waals surface area contributed by atoms with Gasteiger partial charge >= 0.3 is 26.1 Å². The molecule has 0 aromatic heterocycles. The van der Waals surface area contributed by atoms with Gasteiger partial charge in [-0.3, -0.25) is 10.3 Å². The Morgan fingerprint density at radius 1 is 1.37 bits per heavy atom. The number of benzene rings is 1. The van der Waals surface area contributed by atoms with Crippen molar-refractivity contribution in [2.24, 2.45) is 10.1 Å². The first-order chi connectivity index (χ1) is 14.1. The van der Waals surface area contributed by atoms with Crippen molar-refractivity contribution in [2.45, 2.75) is 39.0 Å². The van der Waals surface area contributed by atoms with Crippen LogP contribution >= 0.6 is 11.8 Å². The summed E-state index contributed by atoms with van der Waals surface area (Å²) in [6.45, 7) is 5.14. The Balaban J connectivity index is 2.01. The zero-order valence-corrected chi connectivity index (χ0v) is 17.8. The molecule has 0 radical (unpaired) electrons. The second kappa shape index (κ2) is 10.1. The van der Waals surface area contributed by atoms with E-state index in [2.05, 4.69) is 20.1 Å². The minimum Gasteiger partial charge on any atom is -0.540 e. The number of amidine groups is 1. The normalized spacial score (nSPS) is 16.4. The first-order valence-electron chi connectivity index (χ1n) is 8.90. The zero-order chi connectivity index (χ0) is 22.3. The molecule has 0 fully saturated rings. The standard InChI is InChI=1S/C18H22BN3O7S/c1-18(2,3)28-17(26)21-16-20-12(9-30-16)13(14(23)24)22-27-8-10-5-4-6-11(7-10)15(25)29-19/h4-7,12H,8-9,19H2,1-3H3,(H,23,24)(H,20,21,26)/b22-13-. The molecule has 0 aliphatic carbocycles. The minimum absolute atomic E-state index is 0.0474. The van der Waals surface area contributed by atoms with Gasteiger partial charge < -0.3 is 19.3 Å². The number of nitrogens with zero attached hydrogens (tertiary/aromatic N) is 2. The number of hydrogen-bond donors (Lipinski definition) is 2. The molecule has 0 spiro atoms. The molecule has 0 saturated carbocycles. The van der Waals surface area contributed by atoms with Crippen molar-refractivity contribution < 1.29 is 33.7 Å². The van der Waals surface area contributed by atoms with Crippen molar-refractivity contribution in [3.8, 4) is 0 Å². The highest BCUT2D eigenvalue weighted by molar-refractivity contribution is 8.14. The SMILES string of the molecule is BOC(=O)c1cccc(CO/N=C(\C(=O)O)C2CSC(NC(=O)OC(C)(C)C)=N2)c1. The van der Waals surface area contributed by atoms with E-state index in [0.29, 0.717) is 11.1 Å². The Bertz CT molecular complexity index is 883. The maximum atomic E-state index is 11.8. The summed E-state index contributed by atoms with van der Waals surface area (Å²) in [5.74, 6) is -1.50. The molecule has 1 amide bonds. The third kappa shape index (κ3) is 7.10. The largest absolute Gasteiger partial charge is 0.540 e. The molecule has 160 valence electrons.